The third-order valence-corrected chi connectivity index (χ3v) is 5.51. The van der Waals surface area contributed by atoms with Crippen LogP contribution in [0.3, 0.4) is 0 Å². The van der Waals surface area contributed by atoms with E-state index in [1.807, 2.05) is 13.1 Å². The molecule has 162 valence electrons. The Labute approximate surface area is 178 Å². The van der Waals surface area contributed by atoms with E-state index in [2.05, 4.69) is 35.1 Å². The molecule has 2 unspecified atom stereocenters. The van der Waals surface area contributed by atoms with Gasteiger partial charge in [-0.25, -0.2) is 0 Å². The van der Waals surface area contributed by atoms with Crippen molar-refractivity contribution < 1.29 is 19.0 Å². The van der Waals surface area contributed by atoms with Crippen LogP contribution in [0, 0.1) is 0 Å². The first-order valence-corrected chi connectivity index (χ1v) is 10.2. The minimum atomic E-state index is -0.104. The molecule has 1 heterocycles. The van der Waals surface area contributed by atoms with Crippen LogP contribution >= 0.6 is 0 Å². The number of nitrogens with one attached hydrogen (secondary N) is 2. The molecule has 0 radical (unpaired) electrons. The molecule has 0 bridgehead atoms. The van der Waals surface area contributed by atoms with E-state index in [1.54, 1.807) is 38.4 Å². The first-order valence-electron chi connectivity index (χ1n) is 10.2. The fourth-order valence-electron chi connectivity index (χ4n) is 3.79. The highest BCUT2D eigenvalue weighted by atomic mass is 16.5. The van der Waals surface area contributed by atoms with E-state index in [1.165, 1.54) is 5.56 Å². The van der Waals surface area contributed by atoms with Gasteiger partial charge in [0, 0.05) is 37.8 Å². The molecule has 2 atom stereocenters. The van der Waals surface area contributed by atoms with E-state index in [0.717, 1.165) is 19.3 Å². The summed E-state index contributed by atoms with van der Waals surface area (Å²) in [6.45, 7) is 0.657. The zero-order chi connectivity index (χ0) is 21.5. The van der Waals surface area contributed by atoms with Gasteiger partial charge in [0.1, 0.15) is 5.75 Å². The SMILES string of the molecule is COc1cc(OC)c(C(=O)N(C)CCCC2CC(c3ccccc3)NN2)cc1OC. The molecule has 1 aliphatic heterocycles. The number of hydrogen-bond acceptors (Lipinski definition) is 6. The molecular formula is C23H31N3O4. The highest BCUT2D eigenvalue weighted by Gasteiger charge is 2.25. The average Bonchev–Trinajstić information content (AvgIpc) is 3.27. The number of methoxy groups -OCH3 is 3. The first kappa shape index (κ1) is 21.9. The third-order valence-electron chi connectivity index (χ3n) is 5.51. The van der Waals surface area contributed by atoms with Gasteiger partial charge >= 0.3 is 0 Å². The van der Waals surface area contributed by atoms with Gasteiger partial charge in [-0.1, -0.05) is 30.3 Å². The molecule has 1 saturated heterocycles. The van der Waals surface area contributed by atoms with Gasteiger partial charge in [-0.2, -0.15) is 0 Å². The molecule has 0 saturated carbocycles. The van der Waals surface area contributed by atoms with Gasteiger partial charge in [0.05, 0.1) is 26.9 Å². The zero-order valence-corrected chi connectivity index (χ0v) is 18.1. The average molecular weight is 414 g/mol. The van der Waals surface area contributed by atoms with E-state index < -0.39 is 0 Å². The number of hydrogen-bond donors (Lipinski definition) is 2. The molecule has 2 N–H and O–H groups in total. The lowest BCUT2D eigenvalue weighted by molar-refractivity contribution is 0.0788. The minimum Gasteiger partial charge on any atom is -0.496 e. The summed E-state index contributed by atoms with van der Waals surface area (Å²) in [4.78, 5) is 14.7. The zero-order valence-electron chi connectivity index (χ0n) is 18.1. The Morgan fingerprint density at radius 1 is 1.00 bits per heavy atom. The number of benzene rings is 2. The van der Waals surface area contributed by atoms with Crippen LogP contribution in [0.2, 0.25) is 0 Å². The summed E-state index contributed by atoms with van der Waals surface area (Å²) < 4.78 is 16.0. The van der Waals surface area contributed by atoms with Gasteiger partial charge in [0.15, 0.2) is 11.5 Å². The lowest BCUT2D eigenvalue weighted by Gasteiger charge is -2.20. The fraction of sp³-hybridized carbons (Fsp3) is 0.435. The number of carbonyl (C=O) groups is 1. The van der Waals surface area contributed by atoms with Crippen molar-refractivity contribution in [3.05, 3.63) is 53.6 Å². The van der Waals surface area contributed by atoms with Crippen molar-refractivity contribution in [2.45, 2.75) is 31.3 Å². The number of amides is 1. The van der Waals surface area contributed by atoms with Crippen molar-refractivity contribution in [3.8, 4) is 17.2 Å². The summed E-state index contributed by atoms with van der Waals surface area (Å²) >= 11 is 0. The molecule has 0 aliphatic carbocycles. The molecule has 7 nitrogen and oxygen atoms in total. The predicted octanol–water partition coefficient (Wildman–Crippen LogP) is 3.17. The number of rotatable bonds is 9. The molecule has 3 rings (SSSR count). The maximum atomic E-state index is 13.0. The normalized spacial score (nSPS) is 18.1. The lowest BCUT2D eigenvalue weighted by Crippen LogP contribution is -2.32. The summed E-state index contributed by atoms with van der Waals surface area (Å²) in [7, 11) is 6.46. The van der Waals surface area contributed by atoms with Crippen LogP contribution in [0.15, 0.2) is 42.5 Å². The van der Waals surface area contributed by atoms with E-state index in [4.69, 9.17) is 14.2 Å². The Morgan fingerprint density at radius 3 is 2.33 bits per heavy atom. The van der Waals surface area contributed by atoms with Crippen molar-refractivity contribution in [1.29, 1.82) is 0 Å². The summed E-state index contributed by atoms with van der Waals surface area (Å²) in [5.74, 6) is 1.40. The van der Waals surface area contributed by atoms with Crippen molar-refractivity contribution in [1.82, 2.24) is 15.8 Å². The largest absolute Gasteiger partial charge is 0.496 e. The van der Waals surface area contributed by atoms with Crippen molar-refractivity contribution in [2.24, 2.45) is 0 Å². The molecule has 30 heavy (non-hydrogen) atoms. The van der Waals surface area contributed by atoms with E-state index in [9.17, 15) is 4.79 Å². The number of hydrazine groups is 1. The molecule has 2 aromatic rings. The molecule has 1 amide bonds. The van der Waals surface area contributed by atoms with Gasteiger partial charge < -0.3 is 19.1 Å². The molecule has 0 aromatic heterocycles. The summed E-state index contributed by atoms with van der Waals surface area (Å²) in [6, 6.07) is 14.5. The topological polar surface area (TPSA) is 72.1 Å². The van der Waals surface area contributed by atoms with Crippen molar-refractivity contribution in [3.63, 3.8) is 0 Å². The molecule has 2 aromatic carbocycles. The molecule has 1 aliphatic rings. The third kappa shape index (κ3) is 5.04. The highest BCUT2D eigenvalue weighted by molar-refractivity contribution is 5.97. The summed E-state index contributed by atoms with van der Waals surface area (Å²) in [5, 5.41) is 0. The smallest absolute Gasteiger partial charge is 0.257 e. The molecule has 7 heteroatoms. The molecule has 0 spiro atoms. The van der Waals surface area contributed by atoms with Crippen LogP contribution in [-0.2, 0) is 0 Å². The maximum absolute atomic E-state index is 13.0. The molecular weight excluding hydrogens is 382 g/mol. The standard InChI is InChI=1S/C23H31N3O4/c1-26(23(27)18-14-21(29-3)22(30-4)15-20(18)28-2)12-8-11-17-13-19(25-24-17)16-9-6-5-7-10-16/h5-7,9-10,14-15,17,19,24-25H,8,11-13H2,1-4H3. The predicted molar refractivity (Wildman–Crippen MR) is 116 cm³/mol. The van der Waals surface area contributed by atoms with Crippen LogP contribution in [0.4, 0.5) is 0 Å². The molecule has 1 fully saturated rings. The number of nitrogens with zero attached hydrogens (tertiary/aromatic N) is 1. The first-order chi connectivity index (χ1) is 14.6. The van der Waals surface area contributed by atoms with Gasteiger partial charge in [0.2, 0.25) is 0 Å². The van der Waals surface area contributed by atoms with Gasteiger partial charge in [-0.3, -0.25) is 15.6 Å². The van der Waals surface area contributed by atoms with Gasteiger partial charge in [-0.15, -0.1) is 0 Å². The van der Waals surface area contributed by atoms with Crippen LogP contribution in [0.5, 0.6) is 17.2 Å². The second kappa shape index (κ2) is 10.3. The van der Waals surface area contributed by atoms with Gasteiger partial charge in [-0.05, 0) is 24.8 Å². The Balaban J connectivity index is 1.54. The quantitative estimate of drug-likeness (QED) is 0.658. The van der Waals surface area contributed by atoms with Gasteiger partial charge in [0.25, 0.3) is 5.91 Å². The summed E-state index contributed by atoms with van der Waals surface area (Å²) in [5.41, 5.74) is 8.51. The Kier molecular flexibility index (Phi) is 7.54. The van der Waals surface area contributed by atoms with Crippen LogP contribution in [-0.4, -0.2) is 51.8 Å². The minimum absolute atomic E-state index is 0.104. The maximum Gasteiger partial charge on any atom is 0.257 e. The second-order valence-corrected chi connectivity index (χ2v) is 7.46. The summed E-state index contributed by atoms with van der Waals surface area (Å²) in [6.07, 6.45) is 2.92. The Bertz CT molecular complexity index is 844. The second-order valence-electron chi connectivity index (χ2n) is 7.46. The van der Waals surface area contributed by atoms with Crippen molar-refractivity contribution in [2.75, 3.05) is 34.9 Å². The monoisotopic (exact) mass is 413 g/mol. The number of carbonyl (C=O) groups excluding carboxylic acids is 1. The fourth-order valence-corrected chi connectivity index (χ4v) is 3.79. The van der Waals surface area contributed by atoms with E-state index >= 15 is 0 Å². The Hall–Kier alpha value is -2.77. The lowest BCUT2D eigenvalue weighted by atomic mass is 10.00. The van der Waals surface area contributed by atoms with E-state index in [0.29, 0.717) is 41.4 Å². The van der Waals surface area contributed by atoms with Crippen LogP contribution < -0.4 is 25.1 Å². The van der Waals surface area contributed by atoms with E-state index in [-0.39, 0.29) is 5.91 Å². The van der Waals surface area contributed by atoms with Crippen molar-refractivity contribution >= 4 is 5.91 Å². The number of ether oxygens (including phenoxy) is 3. The van der Waals surface area contributed by atoms with Crippen LogP contribution in [0.1, 0.15) is 41.2 Å². The van der Waals surface area contributed by atoms with Crippen LogP contribution in [0.25, 0.3) is 0 Å². The Morgan fingerprint density at radius 2 is 1.67 bits per heavy atom. The highest BCUT2D eigenvalue weighted by Crippen LogP contribution is 2.35.